The van der Waals surface area contributed by atoms with Crippen molar-refractivity contribution in [3.8, 4) is 11.8 Å². The molecule has 1 saturated carbocycles. The number of anilines is 1. The monoisotopic (exact) mass is 657 g/mol. The Bertz CT molecular complexity index is 1360. The average molecular weight is 658 g/mol. The zero-order valence-corrected chi connectivity index (χ0v) is 29.6. The van der Waals surface area contributed by atoms with Crippen molar-refractivity contribution in [2.45, 2.75) is 118 Å². The van der Waals surface area contributed by atoms with Crippen molar-refractivity contribution in [3.05, 3.63) is 15.8 Å². The Morgan fingerprint density at radius 3 is 2.15 bits per heavy atom. The number of rotatable bonds is 5. The molecule has 3 fully saturated rings. The minimum absolute atomic E-state index is 0.0377. The summed E-state index contributed by atoms with van der Waals surface area (Å²) in [6.07, 6.45) is 4.11. The lowest BCUT2D eigenvalue weighted by molar-refractivity contribution is -0.124. The molecule has 1 aromatic heterocycles. The van der Waals surface area contributed by atoms with E-state index in [0.29, 0.717) is 55.4 Å². The first-order valence-electron chi connectivity index (χ1n) is 16.5. The SMILES string of the molecule is CC1CCC(C(=O)N(c2cc(C#CC(C)(C)C)sc2C(=O)O)C2CCN(C(=O)OC3(C)CCN(C(=O)OC(C)(C)C)C3)CC2)CC1. The molecule has 254 valence electrons. The third kappa shape index (κ3) is 9.18. The molecule has 4 rings (SSSR count). The summed E-state index contributed by atoms with van der Waals surface area (Å²) < 4.78 is 11.4. The van der Waals surface area contributed by atoms with Crippen molar-refractivity contribution >= 4 is 41.1 Å². The number of carboxylic acid groups (broad SMARTS) is 1. The van der Waals surface area contributed by atoms with Gasteiger partial charge in [-0.1, -0.05) is 18.8 Å². The topological polar surface area (TPSA) is 117 Å². The average Bonchev–Trinajstić information content (AvgIpc) is 3.55. The zero-order valence-electron chi connectivity index (χ0n) is 28.7. The first-order chi connectivity index (χ1) is 21.3. The molecule has 2 aliphatic heterocycles. The lowest BCUT2D eigenvalue weighted by Gasteiger charge is -2.41. The van der Waals surface area contributed by atoms with Gasteiger partial charge in [0, 0.05) is 43.4 Å². The second-order valence-corrected chi connectivity index (χ2v) is 16.5. The highest BCUT2D eigenvalue weighted by atomic mass is 32.1. The summed E-state index contributed by atoms with van der Waals surface area (Å²) in [7, 11) is 0. The van der Waals surface area contributed by atoms with E-state index in [4.69, 9.17) is 9.47 Å². The van der Waals surface area contributed by atoms with Gasteiger partial charge in [-0.25, -0.2) is 14.4 Å². The second-order valence-electron chi connectivity index (χ2n) is 15.5. The highest BCUT2D eigenvalue weighted by molar-refractivity contribution is 7.15. The quantitative estimate of drug-likeness (QED) is 0.339. The molecule has 1 N–H and O–H groups in total. The summed E-state index contributed by atoms with van der Waals surface area (Å²) in [4.78, 5) is 58.2. The van der Waals surface area contributed by atoms with Gasteiger partial charge in [0.05, 0.1) is 17.1 Å². The van der Waals surface area contributed by atoms with Crippen molar-refractivity contribution in [3.63, 3.8) is 0 Å². The number of hydrogen-bond donors (Lipinski definition) is 1. The van der Waals surface area contributed by atoms with Crippen LogP contribution in [0.2, 0.25) is 0 Å². The van der Waals surface area contributed by atoms with Crippen LogP contribution < -0.4 is 4.90 Å². The Morgan fingerprint density at radius 1 is 0.957 bits per heavy atom. The first-order valence-corrected chi connectivity index (χ1v) is 17.3. The van der Waals surface area contributed by atoms with Crippen LogP contribution in [0.5, 0.6) is 0 Å². The van der Waals surface area contributed by atoms with E-state index in [9.17, 15) is 24.3 Å². The number of likely N-dealkylation sites (tertiary alicyclic amines) is 2. The van der Waals surface area contributed by atoms with E-state index in [1.807, 2.05) is 48.5 Å². The van der Waals surface area contributed by atoms with E-state index in [2.05, 4.69) is 18.8 Å². The van der Waals surface area contributed by atoms with Crippen LogP contribution in [0.15, 0.2) is 6.07 Å². The fraction of sp³-hybridized carbons (Fsp3) is 0.714. The number of aromatic carboxylic acids is 1. The molecule has 11 heteroatoms. The third-order valence-electron chi connectivity index (χ3n) is 8.84. The van der Waals surface area contributed by atoms with Crippen LogP contribution in [0, 0.1) is 29.1 Å². The van der Waals surface area contributed by atoms with E-state index < -0.39 is 29.4 Å². The maximum absolute atomic E-state index is 14.2. The number of piperidine rings is 1. The van der Waals surface area contributed by atoms with Gasteiger partial charge in [0.2, 0.25) is 5.91 Å². The van der Waals surface area contributed by atoms with E-state index in [0.717, 1.165) is 37.0 Å². The second kappa shape index (κ2) is 13.8. The molecule has 46 heavy (non-hydrogen) atoms. The van der Waals surface area contributed by atoms with Gasteiger partial charge in [0.25, 0.3) is 0 Å². The van der Waals surface area contributed by atoms with Crippen LogP contribution in [-0.4, -0.2) is 82.4 Å². The van der Waals surface area contributed by atoms with Crippen LogP contribution in [0.3, 0.4) is 0 Å². The van der Waals surface area contributed by atoms with E-state index in [1.165, 1.54) is 0 Å². The van der Waals surface area contributed by atoms with Gasteiger partial charge in [0.15, 0.2) is 0 Å². The van der Waals surface area contributed by atoms with Crippen molar-refractivity contribution in [1.29, 1.82) is 0 Å². The molecule has 1 atom stereocenters. The smallest absolute Gasteiger partial charge is 0.410 e. The van der Waals surface area contributed by atoms with Crippen molar-refractivity contribution < 1.29 is 33.8 Å². The number of thiophene rings is 1. The Balaban J connectivity index is 1.49. The van der Waals surface area contributed by atoms with Gasteiger partial charge in [-0.05, 0) is 99.0 Å². The largest absolute Gasteiger partial charge is 0.477 e. The number of ether oxygens (including phenoxy) is 2. The molecule has 1 aliphatic carbocycles. The molecule has 0 bridgehead atoms. The predicted molar refractivity (Wildman–Crippen MR) is 178 cm³/mol. The van der Waals surface area contributed by atoms with Crippen LogP contribution in [-0.2, 0) is 14.3 Å². The summed E-state index contributed by atoms with van der Waals surface area (Å²) in [5.74, 6) is 5.60. The fourth-order valence-corrected chi connectivity index (χ4v) is 7.15. The highest BCUT2D eigenvalue weighted by Gasteiger charge is 2.43. The van der Waals surface area contributed by atoms with Crippen LogP contribution in [0.4, 0.5) is 15.3 Å². The maximum atomic E-state index is 14.2. The molecule has 0 aromatic carbocycles. The molecule has 0 radical (unpaired) electrons. The van der Waals surface area contributed by atoms with Crippen LogP contribution >= 0.6 is 11.3 Å². The van der Waals surface area contributed by atoms with Gasteiger partial charge in [-0.15, -0.1) is 11.3 Å². The third-order valence-corrected chi connectivity index (χ3v) is 9.87. The van der Waals surface area contributed by atoms with Gasteiger partial charge in [-0.2, -0.15) is 0 Å². The molecule has 0 spiro atoms. The number of amides is 3. The number of hydrogen-bond acceptors (Lipinski definition) is 7. The van der Waals surface area contributed by atoms with Crippen LogP contribution in [0.25, 0.3) is 0 Å². The summed E-state index contributed by atoms with van der Waals surface area (Å²) in [6, 6.07) is 1.49. The van der Waals surface area contributed by atoms with Crippen molar-refractivity contribution in [1.82, 2.24) is 9.80 Å². The maximum Gasteiger partial charge on any atom is 0.410 e. The Morgan fingerprint density at radius 2 is 1.59 bits per heavy atom. The Labute approximate surface area is 277 Å². The van der Waals surface area contributed by atoms with E-state index >= 15 is 0 Å². The Kier molecular flexibility index (Phi) is 10.7. The fourth-order valence-electron chi connectivity index (χ4n) is 6.30. The summed E-state index contributed by atoms with van der Waals surface area (Å²) in [5, 5.41) is 10.2. The first kappa shape index (κ1) is 35.6. The van der Waals surface area contributed by atoms with E-state index in [-0.39, 0.29) is 34.7 Å². The normalized spacial score (nSPS) is 24.2. The van der Waals surface area contributed by atoms with Gasteiger partial charge >= 0.3 is 18.2 Å². The number of nitrogens with zero attached hydrogens (tertiary/aromatic N) is 3. The molecule has 10 nitrogen and oxygen atoms in total. The van der Waals surface area contributed by atoms with Gasteiger partial charge < -0.3 is 29.3 Å². The number of carbonyl (C=O) groups is 4. The lowest BCUT2D eigenvalue weighted by atomic mass is 9.82. The predicted octanol–water partition coefficient (Wildman–Crippen LogP) is 7.00. The molecule has 2 saturated heterocycles. The van der Waals surface area contributed by atoms with Crippen molar-refractivity contribution in [2.24, 2.45) is 17.3 Å². The molecular weight excluding hydrogens is 606 g/mol. The Hall–Kier alpha value is -3.26. The van der Waals surface area contributed by atoms with Gasteiger partial charge in [0.1, 0.15) is 16.1 Å². The summed E-state index contributed by atoms with van der Waals surface area (Å²) in [6.45, 7) is 16.9. The molecule has 3 heterocycles. The zero-order chi connectivity index (χ0) is 34.0. The summed E-state index contributed by atoms with van der Waals surface area (Å²) >= 11 is 1.10. The van der Waals surface area contributed by atoms with Gasteiger partial charge in [-0.3, -0.25) is 4.79 Å². The summed E-state index contributed by atoms with van der Waals surface area (Å²) in [5.41, 5.74) is -1.30. The highest BCUT2D eigenvalue weighted by Crippen LogP contribution is 2.38. The number of carboxylic acids is 1. The van der Waals surface area contributed by atoms with E-state index in [1.54, 1.807) is 20.8 Å². The van der Waals surface area contributed by atoms with Crippen LogP contribution in [0.1, 0.15) is 115 Å². The minimum atomic E-state index is -1.08. The number of carbonyl (C=O) groups excluding carboxylic acids is 3. The molecule has 3 aliphatic rings. The standard InChI is InChI=1S/C35H51N3O7S/c1-23-9-11-24(12-10-23)29(39)38(27-21-26(13-16-33(2,3)4)46-28(27)30(40)41)25-14-18-36(19-15-25)31(42)45-35(8)17-20-37(22-35)32(43)44-34(5,6)7/h21,23-25H,9-12,14-15,17-20,22H2,1-8H3,(H,40,41). The lowest BCUT2D eigenvalue weighted by Crippen LogP contribution is -2.52. The van der Waals surface area contributed by atoms with Crippen molar-refractivity contribution in [2.75, 3.05) is 31.1 Å². The molecule has 3 amide bonds. The molecule has 1 unspecified atom stereocenters. The minimum Gasteiger partial charge on any atom is -0.477 e. The molecule has 1 aromatic rings. The molecular formula is C35H51N3O7S.